The zero-order valence-electron chi connectivity index (χ0n) is 9.70. The van der Waals surface area contributed by atoms with Gasteiger partial charge in [0, 0.05) is 6.04 Å². The highest BCUT2D eigenvalue weighted by atomic mass is 19.4. The molecule has 0 saturated carbocycles. The molecule has 0 saturated heterocycles. The van der Waals surface area contributed by atoms with Gasteiger partial charge >= 0.3 is 12.4 Å². The highest BCUT2D eigenvalue weighted by Gasteiger charge is 2.59. The van der Waals surface area contributed by atoms with Crippen LogP contribution in [0.5, 0.6) is 0 Å². The number of rotatable bonds is 5. The van der Waals surface area contributed by atoms with Crippen LogP contribution in [0.4, 0.5) is 26.3 Å². The van der Waals surface area contributed by atoms with Crippen molar-refractivity contribution in [2.24, 2.45) is 17.6 Å². The van der Waals surface area contributed by atoms with E-state index >= 15 is 0 Å². The maximum Gasteiger partial charge on any atom is 0.401 e. The van der Waals surface area contributed by atoms with E-state index < -0.39 is 24.3 Å². The van der Waals surface area contributed by atoms with Gasteiger partial charge in [0.1, 0.15) is 0 Å². The maximum absolute atomic E-state index is 12.3. The molecule has 0 aromatic rings. The van der Waals surface area contributed by atoms with Gasteiger partial charge < -0.3 is 5.73 Å². The minimum atomic E-state index is -5.34. The van der Waals surface area contributed by atoms with Crippen LogP contribution in [0, 0.1) is 11.8 Å². The second-order valence-electron chi connectivity index (χ2n) is 4.55. The van der Waals surface area contributed by atoms with E-state index in [2.05, 4.69) is 0 Å². The molecule has 0 fully saturated rings. The predicted octanol–water partition coefficient (Wildman–Crippen LogP) is 3.88. The van der Waals surface area contributed by atoms with E-state index in [0.717, 1.165) is 0 Å². The first-order chi connectivity index (χ1) is 7.46. The van der Waals surface area contributed by atoms with Crippen molar-refractivity contribution in [2.75, 3.05) is 0 Å². The summed E-state index contributed by atoms with van der Waals surface area (Å²) in [6, 6.07) is -1.92. The van der Waals surface area contributed by atoms with Gasteiger partial charge in [0.15, 0.2) is 5.92 Å². The molecular formula is C10H17F6N. The zero-order valence-corrected chi connectivity index (χ0v) is 9.70. The van der Waals surface area contributed by atoms with Gasteiger partial charge in [-0.25, -0.2) is 0 Å². The Hall–Kier alpha value is -0.460. The Morgan fingerprint density at radius 3 is 1.59 bits per heavy atom. The normalized spacial score (nSPS) is 15.7. The molecule has 0 heterocycles. The van der Waals surface area contributed by atoms with Crippen molar-refractivity contribution in [3.8, 4) is 0 Å². The van der Waals surface area contributed by atoms with Gasteiger partial charge in [-0.2, -0.15) is 26.3 Å². The van der Waals surface area contributed by atoms with Crippen LogP contribution in [-0.2, 0) is 0 Å². The summed E-state index contributed by atoms with van der Waals surface area (Å²) in [5.74, 6) is -3.19. The summed E-state index contributed by atoms with van der Waals surface area (Å²) in [5.41, 5.74) is 5.04. The lowest BCUT2D eigenvalue weighted by molar-refractivity contribution is -0.289. The SMILES string of the molecule is CC(C)CCCC(N)C(C(F)(F)F)C(F)(F)F. The number of nitrogens with two attached hydrogens (primary N) is 1. The monoisotopic (exact) mass is 265 g/mol. The number of halogens is 6. The van der Waals surface area contributed by atoms with Crippen LogP contribution in [0.15, 0.2) is 0 Å². The summed E-state index contributed by atoms with van der Waals surface area (Å²) < 4.78 is 73.5. The molecule has 0 radical (unpaired) electrons. The molecule has 0 aliphatic heterocycles. The van der Waals surface area contributed by atoms with E-state index in [1.807, 2.05) is 13.8 Å². The molecular weight excluding hydrogens is 248 g/mol. The van der Waals surface area contributed by atoms with Crippen molar-refractivity contribution < 1.29 is 26.3 Å². The van der Waals surface area contributed by atoms with E-state index in [1.165, 1.54) is 0 Å². The lowest BCUT2D eigenvalue weighted by Gasteiger charge is -2.28. The van der Waals surface area contributed by atoms with Crippen molar-refractivity contribution in [3.63, 3.8) is 0 Å². The van der Waals surface area contributed by atoms with E-state index in [-0.39, 0.29) is 18.8 Å². The van der Waals surface area contributed by atoms with E-state index in [0.29, 0.717) is 6.42 Å². The van der Waals surface area contributed by atoms with Gasteiger partial charge in [-0.05, 0) is 12.3 Å². The Morgan fingerprint density at radius 2 is 1.29 bits per heavy atom. The standard InChI is InChI=1S/C10H17F6N/c1-6(2)4-3-5-7(17)8(9(11,12)13)10(14,15)16/h6-8H,3-5,17H2,1-2H3. The van der Waals surface area contributed by atoms with E-state index in [4.69, 9.17) is 5.73 Å². The molecule has 0 spiro atoms. The second kappa shape index (κ2) is 5.93. The predicted molar refractivity (Wildman–Crippen MR) is 52.3 cm³/mol. The lowest BCUT2D eigenvalue weighted by Crippen LogP contribution is -2.48. The largest absolute Gasteiger partial charge is 0.401 e. The van der Waals surface area contributed by atoms with Crippen LogP contribution in [0.2, 0.25) is 0 Å². The molecule has 0 aromatic heterocycles. The summed E-state index contributed by atoms with van der Waals surface area (Å²) in [4.78, 5) is 0. The summed E-state index contributed by atoms with van der Waals surface area (Å²) >= 11 is 0. The van der Waals surface area contributed by atoms with Gasteiger partial charge in [0.25, 0.3) is 0 Å². The van der Waals surface area contributed by atoms with Crippen LogP contribution in [0.25, 0.3) is 0 Å². The summed E-state index contributed by atoms with van der Waals surface area (Å²) in [5, 5.41) is 0. The third kappa shape index (κ3) is 6.14. The summed E-state index contributed by atoms with van der Waals surface area (Å²) in [6.45, 7) is 3.69. The average Bonchev–Trinajstić information content (AvgIpc) is 1.96. The van der Waals surface area contributed by atoms with Crippen LogP contribution in [0.3, 0.4) is 0 Å². The molecule has 2 N–H and O–H groups in total. The molecule has 0 aliphatic rings. The van der Waals surface area contributed by atoms with Crippen molar-refractivity contribution >= 4 is 0 Å². The fraction of sp³-hybridized carbons (Fsp3) is 1.00. The molecule has 17 heavy (non-hydrogen) atoms. The van der Waals surface area contributed by atoms with Crippen LogP contribution in [0.1, 0.15) is 33.1 Å². The first-order valence-electron chi connectivity index (χ1n) is 5.35. The van der Waals surface area contributed by atoms with Crippen molar-refractivity contribution in [1.82, 2.24) is 0 Å². The highest BCUT2D eigenvalue weighted by Crippen LogP contribution is 2.41. The maximum atomic E-state index is 12.3. The molecule has 1 atom stereocenters. The minimum Gasteiger partial charge on any atom is -0.327 e. The van der Waals surface area contributed by atoms with Crippen LogP contribution in [-0.4, -0.2) is 18.4 Å². The first kappa shape index (κ1) is 16.5. The Morgan fingerprint density at radius 1 is 0.882 bits per heavy atom. The second-order valence-corrected chi connectivity index (χ2v) is 4.55. The Balaban J connectivity index is 4.51. The molecule has 0 aromatic carbocycles. The van der Waals surface area contributed by atoms with Gasteiger partial charge in [-0.3, -0.25) is 0 Å². The minimum absolute atomic E-state index is 0.234. The van der Waals surface area contributed by atoms with E-state index in [1.54, 1.807) is 0 Å². The average molecular weight is 265 g/mol. The highest BCUT2D eigenvalue weighted by molar-refractivity contribution is 4.84. The van der Waals surface area contributed by atoms with Gasteiger partial charge in [0.2, 0.25) is 0 Å². The molecule has 0 bridgehead atoms. The topological polar surface area (TPSA) is 26.0 Å². The van der Waals surface area contributed by atoms with Gasteiger partial charge in [-0.15, -0.1) is 0 Å². The molecule has 1 nitrogen and oxygen atoms in total. The third-order valence-corrected chi connectivity index (χ3v) is 2.45. The summed E-state index contributed by atoms with van der Waals surface area (Å²) in [6.07, 6.45) is -10.1. The molecule has 1 unspecified atom stereocenters. The molecule has 7 heteroatoms. The Labute approximate surface area is 96.4 Å². The van der Waals surface area contributed by atoms with Gasteiger partial charge in [0.05, 0.1) is 0 Å². The molecule has 0 amide bonds. The van der Waals surface area contributed by atoms with Crippen molar-refractivity contribution in [3.05, 3.63) is 0 Å². The van der Waals surface area contributed by atoms with Gasteiger partial charge in [-0.1, -0.05) is 26.7 Å². The Kier molecular flexibility index (Phi) is 5.77. The van der Waals surface area contributed by atoms with Crippen LogP contribution < -0.4 is 5.73 Å². The van der Waals surface area contributed by atoms with Crippen molar-refractivity contribution in [1.29, 1.82) is 0 Å². The fourth-order valence-electron chi connectivity index (χ4n) is 1.60. The van der Waals surface area contributed by atoms with Crippen LogP contribution >= 0.6 is 0 Å². The molecule has 0 rings (SSSR count). The Bertz CT molecular complexity index is 206. The third-order valence-electron chi connectivity index (χ3n) is 2.45. The smallest absolute Gasteiger partial charge is 0.327 e. The molecule has 104 valence electrons. The summed E-state index contributed by atoms with van der Waals surface area (Å²) in [7, 11) is 0. The van der Waals surface area contributed by atoms with Crippen molar-refractivity contribution in [2.45, 2.75) is 51.5 Å². The fourth-order valence-corrected chi connectivity index (χ4v) is 1.60. The quantitative estimate of drug-likeness (QED) is 0.750. The van der Waals surface area contributed by atoms with E-state index in [9.17, 15) is 26.3 Å². The number of hydrogen-bond donors (Lipinski definition) is 1. The number of alkyl halides is 6. The first-order valence-corrected chi connectivity index (χ1v) is 5.35. The molecule has 0 aliphatic carbocycles. The zero-order chi connectivity index (χ0) is 13.9. The number of hydrogen-bond acceptors (Lipinski definition) is 1. The lowest BCUT2D eigenvalue weighted by atomic mass is 9.93.